The Kier molecular flexibility index (Phi) is 6.98. The normalized spacial score (nSPS) is 16.7. The van der Waals surface area contributed by atoms with Gasteiger partial charge in [-0.15, -0.1) is 0 Å². The van der Waals surface area contributed by atoms with Crippen LogP contribution in [0.3, 0.4) is 0 Å². The monoisotopic (exact) mass is 506 g/mol. The third-order valence-electron chi connectivity index (χ3n) is 5.77. The topological polar surface area (TPSA) is 105 Å². The lowest BCUT2D eigenvalue weighted by molar-refractivity contribution is -0.132. The quantitative estimate of drug-likeness (QED) is 0.279. The van der Waals surface area contributed by atoms with E-state index < -0.39 is 17.7 Å². The van der Waals surface area contributed by atoms with Gasteiger partial charge in [-0.3, -0.25) is 19.3 Å². The van der Waals surface area contributed by atoms with Crippen molar-refractivity contribution < 1.29 is 29.0 Å². The van der Waals surface area contributed by atoms with E-state index in [4.69, 9.17) is 21.1 Å². The van der Waals surface area contributed by atoms with Crippen LogP contribution in [0.25, 0.3) is 5.76 Å². The van der Waals surface area contributed by atoms with Crippen LogP contribution in [0.5, 0.6) is 11.5 Å². The molecule has 1 aliphatic rings. The predicted molar refractivity (Wildman–Crippen MR) is 137 cm³/mol. The van der Waals surface area contributed by atoms with Crippen LogP contribution in [0, 0.1) is 0 Å². The first-order valence-electron chi connectivity index (χ1n) is 10.9. The molecule has 3 aromatic carbocycles. The minimum Gasteiger partial charge on any atom is -0.507 e. The van der Waals surface area contributed by atoms with Crippen LogP contribution in [0.2, 0.25) is 5.02 Å². The summed E-state index contributed by atoms with van der Waals surface area (Å²) in [5, 5.41) is 14.3. The molecule has 1 aliphatic heterocycles. The van der Waals surface area contributed by atoms with Crippen molar-refractivity contribution in [2.75, 3.05) is 24.4 Å². The minimum atomic E-state index is -0.927. The van der Waals surface area contributed by atoms with Crippen molar-refractivity contribution in [1.82, 2.24) is 0 Å². The van der Waals surface area contributed by atoms with E-state index in [-0.39, 0.29) is 22.8 Å². The van der Waals surface area contributed by atoms with Crippen LogP contribution in [0.1, 0.15) is 24.1 Å². The number of hydrogen-bond acceptors (Lipinski definition) is 6. The van der Waals surface area contributed by atoms with Crippen LogP contribution in [-0.2, 0) is 14.4 Å². The highest BCUT2D eigenvalue weighted by Crippen LogP contribution is 2.43. The zero-order valence-corrected chi connectivity index (χ0v) is 20.5. The first-order chi connectivity index (χ1) is 17.2. The molecule has 8 nitrogen and oxygen atoms in total. The number of ketones is 1. The number of aliphatic hydroxyl groups excluding tert-OH is 1. The van der Waals surface area contributed by atoms with E-state index in [9.17, 15) is 19.5 Å². The van der Waals surface area contributed by atoms with Crippen molar-refractivity contribution in [2.45, 2.75) is 13.0 Å². The molecule has 0 aliphatic carbocycles. The van der Waals surface area contributed by atoms with Gasteiger partial charge in [-0.05, 0) is 60.2 Å². The fraction of sp³-hybridized carbons (Fsp3) is 0.148. The van der Waals surface area contributed by atoms with Gasteiger partial charge < -0.3 is 19.9 Å². The summed E-state index contributed by atoms with van der Waals surface area (Å²) in [5.74, 6) is -1.33. The van der Waals surface area contributed by atoms with Crippen molar-refractivity contribution in [3.8, 4) is 11.5 Å². The molecule has 9 heteroatoms. The molecular weight excluding hydrogens is 484 g/mol. The third kappa shape index (κ3) is 4.63. The number of rotatable bonds is 6. The molecule has 0 aromatic heterocycles. The molecule has 1 atom stereocenters. The average molecular weight is 507 g/mol. The van der Waals surface area contributed by atoms with E-state index in [0.717, 1.165) is 0 Å². The molecule has 3 aromatic rings. The number of ether oxygens (including phenoxy) is 2. The number of carbonyl (C=O) groups is 3. The van der Waals surface area contributed by atoms with Crippen LogP contribution in [-0.4, -0.2) is 36.9 Å². The highest BCUT2D eigenvalue weighted by Gasteiger charge is 2.47. The fourth-order valence-electron chi connectivity index (χ4n) is 4.07. The van der Waals surface area contributed by atoms with E-state index in [1.807, 2.05) is 0 Å². The number of nitrogens with one attached hydrogen (secondary N) is 1. The molecule has 1 heterocycles. The standard InChI is InChI=1S/C27H23ClN2O6/c1-15(31)29-18-7-9-19(10-8-18)30-24(16-4-11-20(35-2)12-5-16)23(26(33)27(30)34)25(32)17-6-13-21(28)22(14-17)36-3/h4-14,24,32H,1-3H3,(H,29,31)/b25-23-. The van der Waals surface area contributed by atoms with Crippen molar-refractivity contribution in [1.29, 1.82) is 0 Å². The summed E-state index contributed by atoms with van der Waals surface area (Å²) in [7, 11) is 2.97. The number of amides is 2. The highest BCUT2D eigenvalue weighted by atomic mass is 35.5. The fourth-order valence-corrected chi connectivity index (χ4v) is 4.27. The second kappa shape index (κ2) is 10.1. The lowest BCUT2D eigenvalue weighted by Crippen LogP contribution is -2.29. The largest absolute Gasteiger partial charge is 0.507 e. The van der Waals surface area contributed by atoms with E-state index in [1.54, 1.807) is 54.6 Å². The molecule has 36 heavy (non-hydrogen) atoms. The van der Waals surface area contributed by atoms with Crippen molar-refractivity contribution in [2.24, 2.45) is 0 Å². The Balaban J connectivity index is 1.88. The van der Waals surface area contributed by atoms with Crippen LogP contribution in [0.4, 0.5) is 11.4 Å². The Morgan fingerprint density at radius 2 is 1.64 bits per heavy atom. The summed E-state index contributed by atoms with van der Waals surface area (Å²) < 4.78 is 10.5. The molecular formula is C27H23ClN2O6. The number of benzene rings is 3. The zero-order valence-electron chi connectivity index (χ0n) is 19.7. The summed E-state index contributed by atoms with van der Waals surface area (Å²) in [4.78, 5) is 39.3. The molecule has 4 rings (SSSR count). The van der Waals surface area contributed by atoms with E-state index in [0.29, 0.717) is 33.5 Å². The maximum absolute atomic E-state index is 13.3. The number of methoxy groups -OCH3 is 2. The highest BCUT2D eigenvalue weighted by molar-refractivity contribution is 6.51. The van der Waals surface area contributed by atoms with Crippen LogP contribution >= 0.6 is 11.6 Å². The Hall–Kier alpha value is -4.30. The number of carbonyl (C=O) groups excluding carboxylic acids is 3. The van der Waals surface area contributed by atoms with Gasteiger partial charge in [0.2, 0.25) is 5.91 Å². The molecule has 2 N–H and O–H groups in total. The third-order valence-corrected chi connectivity index (χ3v) is 6.08. The summed E-state index contributed by atoms with van der Waals surface area (Å²) in [5.41, 5.74) is 1.73. The zero-order chi connectivity index (χ0) is 26.0. The second-order valence-electron chi connectivity index (χ2n) is 8.02. The lowest BCUT2D eigenvalue weighted by atomic mass is 9.95. The summed E-state index contributed by atoms with van der Waals surface area (Å²) >= 11 is 6.12. The van der Waals surface area contributed by atoms with Crippen molar-refractivity contribution in [3.05, 3.63) is 88.5 Å². The van der Waals surface area contributed by atoms with E-state index >= 15 is 0 Å². The number of hydrogen-bond donors (Lipinski definition) is 2. The predicted octanol–water partition coefficient (Wildman–Crippen LogP) is 4.94. The maximum atomic E-state index is 13.3. The Bertz CT molecular complexity index is 1370. The molecule has 0 saturated carbocycles. The summed E-state index contributed by atoms with van der Waals surface area (Å²) in [6.07, 6.45) is 0. The molecule has 2 amide bonds. The first-order valence-corrected chi connectivity index (χ1v) is 11.3. The van der Waals surface area contributed by atoms with Crippen LogP contribution in [0.15, 0.2) is 72.3 Å². The van der Waals surface area contributed by atoms with Gasteiger partial charge in [0.1, 0.15) is 17.3 Å². The summed E-state index contributed by atoms with van der Waals surface area (Å²) in [6.45, 7) is 1.39. The van der Waals surface area contributed by atoms with E-state index in [1.165, 1.54) is 38.2 Å². The number of anilines is 2. The molecule has 0 spiro atoms. The van der Waals surface area contributed by atoms with Gasteiger partial charge >= 0.3 is 0 Å². The van der Waals surface area contributed by atoms with Gasteiger partial charge in [0.05, 0.1) is 30.9 Å². The van der Waals surface area contributed by atoms with Gasteiger partial charge in [-0.25, -0.2) is 0 Å². The molecule has 1 fully saturated rings. The van der Waals surface area contributed by atoms with Gasteiger partial charge in [0, 0.05) is 23.9 Å². The minimum absolute atomic E-state index is 0.0829. The Morgan fingerprint density at radius 3 is 2.22 bits per heavy atom. The molecule has 184 valence electrons. The van der Waals surface area contributed by atoms with Crippen molar-refractivity contribution >= 4 is 46.3 Å². The smallest absolute Gasteiger partial charge is 0.300 e. The molecule has 1 unspecified atom stereocenters. The molecule has 0 bridgehead atoms. The van der Waals surface area contributed by atoms with Crippen molar-refractivity contribution in [3.63, 3.8) is 0 Å². The SMILES string of the molecule is COc1ccc(C2/C(=C(/O)c3ccc(Cl)c(OC)c3)C(=O)C(=O)N2c2ccc(NC(C)=O)cc2)cc1. The number of nitrogens with zero attached hydrogens (tertiary/aromatic N) is 1. The molecule has 0 radical (unpaired) electrons. The van der Waals surface area contributed by atoms with Gasteiger partial charge in [-0.1, -0.05) is 23.7 Å². The average Bonchev–Trinajstić information content (AvgIpc) is 3.14. The Morgan fingerprint density at radius 1 is 0.972 bits per heavy atom. The van der Waals surface area contributed by atoms with Gasteiger partial charge in [0.25, 0.3) is 11.7 Å². The number of Topliss-reactive ketones (excluding diaryl/α,β-unsaturated/α-hetero) is 1. The molecule has 1 saturated heterocycles. The maximum Gasteiger partial charge on any atom is 0.300 e. The number of aliphatic hydroxyl groups is 1. The van der Waals surface area contributed by atoms with Crippen LogP contribution < -0.4 is 19.7 Å². The van der Waals surface area contributed by atoms with Gasteiger partial charge in [-0.2, -0.15) is 0 Å². The summed E-state index contributed by atoms with van der Waals surface area (Å²) in [6, 6.07) is 17.0. The van der Waals surface area contributed by atoms with E-state index in [2.05, 4.69) is 5.32 Å². The second-order valence-corrected chi connectivity index (χ2v) is 8.43. The lowest BCUT2D eigenvalue weighted by Gasteiger charge is -2.26. The number of halogens is 1. The Labute approximate surface area is 212 Å². The first kappa shape index (κ1) is 24.8. The van der Waals surface area contributed by atoms with Gasteiger partial charge in [0.15, 0.2) is 0 Å².